The molecule has 0 unspecified atom stereocenters. The zero-order valence-corrected chi connectivity index (χ0v) is 11.5. The third-order valence-electron chi connectivity index (χ3n) is 3.36. The Kier molecular flexibility index (Phi) is 4.48. The van der Waals surface area contributed by atoms with Crippen LogP contribution in [0.5, 0.6) is 11.5 Å². The second-order valence-electron chi connectivity index (χ2n) is 5.10. The van der Waals surface area contributed by atoms with Crippen molar-refractivity contribution in [3.8, 4) is 11.5 Å². The minimum Gasteiger partial charge on any atom is -0.493 e. The van der Waals surface area contributed by atoms with E-state index >= 15 is 0 Å². The van der Waals surface area contributed by atoms with E-state index in [1.807, 2.05) is 19.9 Å². The number of hydrogen-bond donors (Lipinski definition) is 1. The SMILES string of the molecule is COc1cc(C2CCNCC2)ccc1OC(C)C. The highest BCUT2D eigenvalue weighted by Crippen LogP contribution is 2.34. The second-order valence-corrected chi connectivity index (χ2v) is 5.10. The molecule has 1 aromatic carbocycles. The predicted octanol–water partition coefficient (Wildman–Crippen LogP) is 2.95. The summed E-state index contributed by atoms with van der Waals surface area (Å²) in [6.45, 7) is 6.27. The van der Waals surface area contributed by atoms with Crippen molar-refractivity contribution in [1.82, 2.24) is 5.32 Å². The molecule has 0 aromatic heterocycles. The van der Waals surface area contributed by atoms with Gasteiger partial charge in [0.15, 0.2) is 11.5 Å². The summed E-state index contributed by atoms with van der Waals surface area (Å²) in [5, 5.41) is 3.39. The summed E-state index contributed by atoms with van der Waals surface area (Å²) in [6, 6.07) is 6.35. The quantitative estimate of drug-likeness (QED) is 0.890. The summed E-state index contributed by atoms with van der Waals surface area (Å²) in [5.74, 6) is 2.33. The number of nitrogens with one attached hydrogen (secondary N) is 1. The number of piperidine rings is 1. The highest BCUT2D eigenvalue weighted by Gasteiger charge is 2.17. The Hall–Kier alpha value is -1.22. The van der Waals surface area contributed by atoms with Crippen LogP contribution in [0.25, 0.3) is 0 Å². The zero-order valence-electron chi connectivity index (χ0n) is 11.5. The van der Waals surface area contributed by atoms with E-state index < -0.39 is 0 Å². The Bertz CT molecular complexity index is 384. The van der Waals surface area contributed by atoms with Crippen molar-refractivity contribution in [2.24, 2.45) is 0 Å². The van der Waals surface area contributed by atoms with Crippen LogP contribution < -0.4 is 14.8 Å². The Labute approximate surface area is 109 Å². The molecular weight excluding hydrogens is 226 g/mol. The van der Waals surface area contributed by atoms with Crippen molar-refractivity contribution in [2.75, 3.05) is 20.2 Å². The van der Waals surface area contributed by atoms with Gasteiger partial charge in [0.25, 0.3) is 0 Å². The van der Waals surface area contributed by atoms with E-state index in [0.29, 0.717) is 5.92 Å². The third-order valence-corrected chi connectivity index (χ3v) is 3.36. The molecule has 1 aliphatic rings. The van der Waals surface area contributed by atoms with Crippen molar-refractivity contribution in [1.29, 1.82) is 0 Å². The number of rotatable bonds is 4. The Morgan fingerprint density at radius 3 is 2.50 bits per heavy atom. The lowest BCUT2D eigenvalue weighted by molar-refractivity contribution is 0.230. The van der Waals surface area contributed by atoms with E-state index in [0.717, 1.165) is 24.6 Å². The molecule has 1 aromatic rings. The first-order valence-corrected chi connectivity index (χ1v) is 6.76. The standard InChI is InChI=1S/C15H23NO2/c1-11(2)18-14-5-4-13(10-15(14)17-3)12-6-8-16-9-7-12/h4-5,10-12,16H,6-9H2,1-3H3. The van der Waals surface area contributed by atoms with Crippen LogP contribution in [0.4, 0.5) is 0 Å². The molecule has 100 valence electrons. The van der Waals surface area contributed by atoms with Gasteiger partial charge in [-0.15, -0.1) is 0 Å². The van der Waals surface area contributed by atoms with E-state index in [9.17, 15) is 0 Å². The van der Waals surface area contributed by atoms with E-state index in [1.165, 1.54) is 18.4 Å². The van der Waals surface area contributed by atoms with Gasteiger partial charge in [0, 0.05) is 0 Å². The zero-order chi connectivity index (χ0) is 13.0. The van der Waals surface area contributed by atoms with Crippen molar-refractivity contribution in [3.05, 3.63) is 23.8 Å². The summed E-state index contributed by atoms with van der Waals surface area (Å²) in [6.07, 6.45) is 2.57. The largest absolute Gasteiger partial charge is 0.493 e. The smallest absolute Gasteiger partial charge is 0.161 e. The van der Waals surface area contributed by atoms with Gasteiger partial charge < -0.3 is 14.8 Å². The van der Waals surface area contributed by atoms with Gasteiger partial charge in [-0.2, -0.15) is 0 Å². The maximum atomic E-state index is 5.74. The van der Waals surface area contributed by atoms with Crippen LogP contribution in [0.2, 0.25) is 0 Å². The lowest BCUT2D eigenvalue weighted by Gasteiger charge is -2.24. The molecule has 1 fully saturated rings. The molecule has 1 heterocycles. The molecule has 3 nitrogen and oxygen atoms in total. The molecule has 0 bridgehead atoms. The highest BCUT2D eigenvalue weighted by molar-refractivity contribution is 5.44. The number of hydrogen-bond acceptors (Lipinski definition) is 3. The molecule has 0 saturated carbocycles. The maximum absolute atomic E-state index is 5.74. The average molecular weight is 249 g/mol. The minimum atomic E-state index is 0.170. The first-order valence-electron chi connectivity index (χ1n) is 6.76. The Morgan fingerprint density at radius 2 is 1.89 bits per heavy atom. The summed E-state index contributed by atoms with van der Waals surface area (Å²) >= 11 is 0. The molecule has 0 spiro atoms. The molecule has 1 aliphatic heterocycles. The molecule has 18 heavy (non-hydrogen) atoms. The van der Waals surface area contributed by atoms with Crippen molar-refractivity contribution in [3.63, 3.8) is 0 Å². The van der Waals surface area contributed by atoms with Crippen molar-refractivity contribution in [2.45, 2.75) is 38.7 Å². The fourth-order valence-corrected chi connectivity index (χ4v) is 2.44. The van der Waals surface area contributed by atoms with Crippen LogP contribution in [0, 0.1) is 0 Å². The fourth-order valence-electron chi connectivity index (χ4n) is 2.44. The molecule has 0 radical (unpaired) electrons. The molecule has 0 aliphatic carbocycles. The predicted molar refractivity (Wildman–Crippen MR) is 73.6 cm³/mol. The maximum Gasteiger partial charge on any atom is 0.161 e. The number of methoxy groups -OCH3 is 1. The van der Waals surface area contributed by atoms with E-state index in [1.54, 1.807) is 7.11 Å². The summed E-state index contributed by atoms with van der Waals surface area (Å²) in [4.78, 5) is 0. The van der Waals surface area contributed by atoms with Gasteiger partial charge in [-0.05, 0) is 63.4 Å². The first-order chi connectivity index (χ1) is 8.70. The van der Waals surface area contributed by atoms with Crippen LogP contribution in [-0.4, -0.2) is 26.3 Å². The fraction of sp³-hybridized carbons (Fsp3) is 0.600. The van der Waals surface area contributed by atoms with E-state index in [-0.39, 0.29) is 6.10 Å². The van der Waals surface area contributed by atoms with Gasteiger partial charge in [-0.1, -0.05) is 6.07 Å². The van der Waals surface area contributed by atoms with Crippen LogP contribution >= 0.6 is 0 Å². The minimum absolute atomic E-state index is 0.170. The number of ether oxygens (including phenoxy) is 2. The molecule has 1 saturated heterocycles. The normalized spacial score (nSPS) is 16.9. The van der Waals surface area contributed by atoms with E-state index in [4.69, 9.17) is 9.47 Å². The van der Waals surface area contributed by atoms with Gasteiger partial charge >= 0.3 is 0 Å². The molecule has 0 amide bonds. The topological polar surface area (TPSA) is 30.5 Å². The molecule has 2 rings (SSSR count). The summed E-state index contributed by atoms with van der Waals surface area (Å²) in [7, 11) is 1.70. The summed E-state index contributed by atoms with van der Waals surface area (Å²) in [5.41, 5.74) is 1.37. The highest BCUT2D eigenvalue weighted by atomic mass is 16.5. The van der Waals surface area contributed by atoms with Crippen molar-refractivity contribution < 1.29 is 9.47 Å². The molecule has 3 heteroatoms. The van der Waals surface area contributed by atoms with Crippen LogP contribution in [0.1, 0.15) is 38.2 Å². The number of benzene rings is 1. The lowest BCUT2D eigenvalue weighted by atomic mass is 9.90. The van der Waals surface area contributed by atoms with Crippen LogP contribution in [0.15, 0.2) is 18.2 Å². The van der Waals surface area contributed by atoms with Gasteiger partial charge in [0.2, 0.25) is 0 Å². The average Bonchev–Trinajstić information content (AvgIpc) is 2.39. The second kappa shape index (κ2) is 6.10. The monoisotopic (exact) mass is 249 g/mol. The van der Waals surface area contributed by atoms with Gasteiger partial charge in [0.1, 0.15) is 0 Å². The molecule has 0 atom stereocenters. The van der Waals surface area contributed by atoms with Crippen molar-refractivity contribution >= 4 is 0 Å². The van der Waals surface area contributed by atoms with Gasteiger partial charge in [0.05, 0.1) is 13.2 Å². The first kappa shape index (κ1) is 13.2. The van der Waals surface area contributed by atoms with Gasteiger partial charge in [-0.25, -0.2) is 0 Å². The van der Waals surface area contributed by atoms with Crippen LogP contribution in [0.3, 0.4) is 0 Å². The Balaban J connectivity index is 2.17. The lowest BCUT2D eigenvalue weighted by Crippen LogP contribution is -2.26. The van der Waals surface area contributed by atoms with Gasteiger partial charge in [-0.3, -0.25) is 0 Å². The third kappa shape index (κ3) is 3.16. The summed E-state index contributed by atoms with van der Waals surface area (Å²) < 4.78 is 11.2. The van der Waals surface area contributed by atoms with Crippen LogP contribution in [-0.2, 0) is 0 Å². The molecule has 1 N–H and O–H groups in total. The Morgan fingerprint density at radius 1 is 1.17 bits per heavy atom. The molecular formula is C15H23NO2. The van der Waals surface area contributed by atoms with E-state index in [2.05, 4.69) is 17.4 Å².